The minimum absolute atomic E-state index is 0.350. The van der Waals surface area contributed by atoms with Gasteiger partial charge in [0, 0.05) is 12.5 Å². The maximum atomic E-state index is 11.9. The molecule has 4 rings (SSSR count). The van der Waals surface area contributed by atoms with Crippen LogP contribution in [-0.2, 0) is 4.79 Å². The maximum absolute atomic E-state index is 11.9. The third-order valence-corrected chi connectivity index (χ3v) is 6.25. The molecule has 0 aromatic rings. The van der Waals surface area contributed by atoms with E-state index in [0.29, 0.717) is 11.9 Å². The Balaban J connectivity index is 1.70. The van der Waals surface area contributed by atoms with Crippen LogP contribution in [0.5, 0.6) is 0 Å². The second-order valence-corrected chi connectivity index (χ2v) is 6.83. The van der Waals surface area contributed by atoms with E-state index < -0.39 is 0 Å². The van der Waals surface area contributed by atoms with Crippen molar-refractivity contribution in [3.8, 4) is 0 Å². The molecular weight excluding hydrogens is 210 g/mol. The van der Waals surface area contributed by atoms with Gasteiger partial charge in [-0.3, -0.25) is 4.79 Å². The van der Waals surface area contributed by atoms with Crippen molar-refractivity contribution in [3.05, 3.63) is 0 Å². The van der Waals surface area contributed by atoms with E-state index in [0.717, 1.165) is 36.0 Å². The summed E-state index contributed by atoms with van der Waals surface area (Å²) >= 11 is 0. The monoisotopic (exact) mass is 233 g/mol. The van der Waals surface area contributed by atoms with Gasteiger partial charge in [0.2, 0.25) is 5.91 Å². The third-order valence-electron chi connectivity index (χ3n) is 6.25. The highest BCUT2D eigenvalue weighted by atomic mass is 16.1. The van der Waals surface area contributed by atoms with Crippen LogP contribution in [0.4, 0.5) is 0 Å². The molecule has 2 nitrogen and oxygen atoms in total. The van der Waals surface area contributed by atoms with Crippen molar-refractivity contribution in [2.45, 2.75) is 57.4 Å². The molecule has 0 aromatic heterocycles. The molecule has 1 N–H and O–H groups in total. The van der Waals surface area contributed by atoms with E-state index in [-0.39, 0.29) is 0 Å². The van der Waals surface area contributed by atoms with Crippen LogP contribution in [0.25, 0.3) is 0 Å². The Morgan fingerprint density at radius 1 is 0.824 bits per heavy atom. The van der Waals surface area contributed by atoms with Crippen molar-refractivity contribution in [1.82, 2.24) is 5.32 Å². The first-order valence-corrected chi connectivity index (χ1v) is 7.64. The lowest BCUT2D eigenvalue weighted by molar-refractivity contribution is -0.127. The molecule has 1 aliphatic heterocycles. The van der Waals surface area contributed by atoms with E-state index in [1.807, 2.05) is 0 Å². The van der Waals surface area contributed by atoms with Crippen LogP contribution in [-0.4, -0.2) is 11.9 Å². The minimum atomic E-state index is 0.350. The molecule has 0 spiro atoms. The van der Waals surface area contributed by atoms with Crippen LogP contribution in [0.1, 0.15) is 51.4 Å². The van der Waals surface area contributed by atoms with Crippen molar-refractivity contribution < 1.29 is 4.79 Å². The van der Waals surface area contributed by atoms with Gasteiger partial charge in [-0.1, -0.05) is 19.3 Å². The molecule has 1 amide bonds. The van der Waals surface area contributed by atoms with Gasteiger partial charge in [0.15, 0.2) is 0 Å². The van der Waals surface area contributed by atoms with Gasteiger partial charge in [-0.25, -0.2) is 0 Å². The smallest absolute Gasteiger partial charge is 0.220 e. The fourth-order valence-corrected chi connectivity index (χ4v) is 5.84. The molecule has 0 aromatic carbocycles. The number of fused-ring (bicyclic) bond motifs is 3. The number of piperidine rings is 1. The van der Waals surface area contributed by atoms with E-state index in [2.05, 4.69) is 5.32 Å². The molecule has 17 heavy (non-hydrogen) atoms. The van der Waals surface area contributed by atoms with Crippen LogP contribution in [0, 0.1) is 29.6 Å². The second kappa shape index (κ2) is 3.73. The minimum Gasteiger partial charge on any atom is -0.353 e. The molecule has 3 saturated carbocycles. The van der Waals surface area contributed by atoms with Crippen molar-refractivity contribution in [3.63, 3.8) is 0 Å². The summed E-state index contributed by atoms with van der Waals surface area (Å²) in [6.45, 7) is 0. The summed E-state index contributed by atoms with van der Waals surface area (Å²) in [4.78, 5) is 11.9. The number of carbonyl (C=O) groups is 1. The van der Waals surface area contributed by atoms with Gasteiger partial charge < -0.3 is 5.32 Å². The highest BCUT2D eigenvalue weighted by Gasteiger charge is 2.56. The molecule has 0 radical (unpaired) electrons. The number of amides is 1. The Kier molecular flexibility index (Phi) is 2.28. The summed E-state index contributed by atoms with van der Waals surface area (Å²) in [7, 11) is 0. The lowest BCUT2D eigenvalue weighted by Gasteiger charge is -2.42. The predicted molar refractivity (Wildman–Crippen MR) is 66.3 cm³/mol. The summed E-state index contributed by atoms with van der Waals surface area (Å²) in [6, 6.07) is 0.547. The van der Waals surface area contributed by atoms with Crippen molar-refractivity contribution in [1.29, 1.82) is 0 Å². The molecule has 6 atom stereocenters. The molecule has 4 aliphatic rings. The molecule has 0 bridgehead atoms. The quantitative estimate of drug-likeness (QED) is 0.685. The highest BCUT2D eigenvalue weighted by molar-refractivity contribution is 5.77. The summed E-state index contributed by atoms with van der Waals surface area (Å²) in [5.41, 5.74) is 0. The number of rotatable bonds is 0. The van der Waals surface area contributed by atoms with Crippen LogP contribution >= 0.6 is 0 Å². The Labute approximate surface area is 104 Å². The third kappa shape index (κ3) is 1.42. The number of nitrogens with one attached hydrogen (secondary N) is 1. The Morgan fingerprint density at radius 2 is 1.53 bits per heavy atom. The Hall–Kier alpha value is -0.530. The zero-order valence-corrected chi connectivity index (χ0v) is 10.5. The standard InChI is InChI=1S/C15H23NO/c17-14-8-12-10-5-2-1-4-9(10)11-6-3-7-13(16-14)15(11)12/h9-13,15H,1-8H2,(H,16,17). The topological polar surface area (TPSA) is 29.1 Å². The second-order valence-electron chi connectivity index (χ2n) is 6.83. The van der Waals surface area contributed by atoms with Gasteiger partial charge in [-0.15, -0.1) is 0 Å². The number of hydrogen-bond donors (Lipinski definition) is 1. The Bertz CT molecular complexity index is 340. The lowest BCUT2D eigenvalue weighted by Crippen LogP contribution is -2.51. The van der Waals surface area contributed by atoms with Crippen molar-refractivity contribution in [2.24, 2.45) is 29.6 Å². The highest BCUT2D eigenvalue weighted by Crippen LogP contribution is 2.59. The molecule has 6 unspecified atom stereocenters. The van der Waals surface area contributed by atoms with Crippen molar-refractivity contribution in [2.75, 3.05) is 0 Å². The predicted octanol–water partition coefficient (Wildman–Crippen LogP) is 2.73. The zero-order valence-electron chi connectivity index (χ0n) is 10.5. The molecule has 2 heteroatoms. The summed E-state index contributed by atoms with van der Waals surface area (Å²) in [5, 5.41) is 3.29. The molecular formula is C15H23NO. The first kappa shape index (κ1) is 10.4. The van der Waals surface area contributed by atoms with Gasteiger partial charge in [-0.2, -0.15) is 0 Å². The summed E-state index contributed by atoms with van der Waals surface area (Å²) < 4.78 is 0. The van der Waals surface area contributed by atoms with Gasteiger partial charge in [-0.05, 0) is 55.3 Å². The fourth-order valence-electron chi connectivity index (χ4n) is 5.84. The number of hydrogen-bond acceptors (Lipinski definition) is 1. The number of carbonyl (C=O) groups excluding carboxylic acids is 1. The normalized spacial score (nSPS) is 52.6. The van der Waals surface area contributed by atoms with Crippen LogP contribution in [0.15, 0.2) is 0 Å². The van der Waals surface area contributed by atoms with Gasteiger partial charge >= 0.3 is 0 Å². The summed E-state index contributed by atoms with van der Waals surface area (Å²) in [5.74, 6) is 4.81. The Morgan fingerprint density at radius 3 is 2.35 bits per heavy atom. The van der Waals surface area contributed by atoms with Gasteiger partial charge in [0.05, 0.1) is 0 Å². The molecule has 1 saturated heterocycles. The van der Waals surface area contributed by atoms with Crippen LogP contribution in [0.2, 0.25) is 0 Å². The van der Waals surface area contributed by atoms with E-state index in [1.165, 1.54) is 44.9 Å². The molecule has 3 aliphatic carbocycles. The first-order chi connectivity index (χ1) is 8.34. The molecule has 94 valence electrons. The SMILES string of the molecule is O=C1CC2C3CCCCC3C3CCCC(N1)C32. The van der Waals surface area contributed by atoms with Crippen LogP contribution < -0.4 is 5.32 Å². The molecule has 1 heterocycles. The first-order valence-electron chi connectivity index (χ1n) is 7.64. The average Bonchev–Trinajstić information content (AvgIpc) is 2.67. The summed E-state index contributed by atoms with van der Waals surface area (Å²) in [6.07, 6.45) is 10.6. The lowest BCUT2D eigenvalue weighted by atomic mass is 9.70. The fraction of sp³-hybridized carbons (Fsp3) is 0.933. The average molecular weight is 233 g/mol. The van der Waals surface area contributed by atoms with Crippen LogP contribution in [0.3, 0.4) is 0 Å². The van der Waals surface area contributed by atoms with Crippen molar-refractivity contribution >= 4 is 5.91 Å². The molecule has 4 fully saturated rings. The van der Waals surface area contributed by atoms with E-state index in [1.54, 1.807) is 0 Å². The van der Waals surface area contributed by atoms with E-state index in [9.17, 15) is 4.79 Å². The van der Waals surface area contributed by atoms with E-state index >= 15 is 0 Å². The maximum Gasteiger partial charge on any atom is 0.220 e. The zero-order chi connectivity index (χ0) is 11.4. The largest absolute Gasteiger partial charge is 0.353 e. The van der Waals surface area contributed by atoms with E-state index in [4.69, 9.17) is 0 Å². The van der Waals surface area contributed by atoms with Gasteiger partial charge in [0.25, 0.3) is 0 Å². The van der Waals surface area contributed by atoms with Gasteiger partial charge in [0.1, 0.15) is 0 Å².